The third-order valence-electron chi connectivity index (χ3n) is 17.6. The smallest absolute Gasteiger partial charge is 0.338 e. The highest BCUT2D eigenvalue weighted by Crippen LogP contribution is 2.41. The number of aliphatic carboxylic acids is 2. The lowest BCUT2D eigenvalue weighted by atomic mass is 9.94. The Morgan fingerprint density at radius 1 is 0.578 bits per heavy atom. The summed E-state index contributed by atoms with van der Waals surface area (Å²) >= 11 is 14.5. The van der Waals surface area contributed by atoms with Crippen molar-refractivity contribution in [2.24, 2.45) is 35.7 Å². The van der Waals surface area contributed by atoms with Gasteiger partial charge in [0.2, 0.25) is 6.17 Å². The molecule has 7 aliphatic heterocycles. The number of carbonyl (C=O) groups is 5. The normalized spacial score (nSPS) is 21.1. The van der Waals surface area contributed by atoms with Crippen LogP contribution in [0, 0.1) is 36.0 Å². The van der Waals surface area contributed by atoms with Crippen LogP contribution in [0.25, 0.3) is 0 Å². The number of aliphatic imine (C=N–C) groups is 3. The maximum absolute atomic E-state index is 15.1. The largest absolute Gasteiger partial charge is 0.480 e. The number of rotatable bonds is 21. The summed E-state index contributed by atoms with van der Waals surface area (Å²) in [7, 11) is 0. The van der Waals surface area contributed by atoms with Crippen LogP contribution in [0.3, 0.4) is 0 Å². The van der Waals surface area contributed by atoms with Crippen LogP contribution in [0.5, 0.6) is 0 Å². The molecule has 0 spiro atoms. The number of halogens is 8. The van der Waals surface area contributed by atoms with Gasteiger partial charge in [0.1, 0.15) is 70.8 Å². The Hall–Kier alpha value is -9.57. The van der Waals surface area contributed by atoms with E-state index in [9.17, 15) is 47.4 Å². The van der Waals surface area contributed by atoms with Gasteiger partial charge in [0.25, 0.3) is 0 Å². The van der Waals surface area contributed by atoms with E-state index >= 15 is 8.78 Å². The highest BCUT2D eigenvalue weighted by Gasteiger charge is 2.42. The molecule has 574 valence electrons. The number of carboxylic acids is 2. The molecule has 5 N–H and O–H groups in total. The number of thiazole rings is 1. The molecule has 0 radical (unpaired) electrons. The maximum atomic E-state index is 15.1. The summed E-state index contributed by atoms with van der Waals surface area (Å²) in [6.45, 7) is 9.75. The van der Waals surface area contributed by atoms with Gasteiger partial charge in [-0.2, -0.15) is 0 Å². The summed E-state index contributed by atoms with van der Waals surface area (Å²) in [5.74, 6) is -6.71. The van der Waals surface area contributed by atoms with Gasteiger partial charge >= 0.3 is 29.8 Å². The molecule has 38 heteroatoms. The number of nitrogens with zero attached hydrogens (tertiary/aromatic N) is 13. The number of hydrogen-bond donors (Lipinski definition) is 5. The fraction of sp³-hybridized carbons (Fsp3) is 0.366. The second-order valence-electron chi connectivity index (χ2n) is 24.6. The molecular formula is C71H70Br2ClF5N16O13S. The lowest BCUT2D eigenvalue weighted by Gasteiger charge is -2.38. The van der Waals surface area contributed by atoms with E-state index in [2.05, 4.69) is 98.3 Å². The highest BCUT2D eigenvalue weighted by atomic mass is 79.9. The van der Waals surface area contributed by atoms with Gasteiger partial charge in [-0.1, -0.05) is 61.7 Å². The van der Waals surface area contributed by atoms with Crippen molar-refractivity contribution in [3.63, 3.8) is 0 Å². The predicted molar refractivity (Wildman–Crippen MR) is 390 cm³/mol. The highest BCUT2D eigenvalue weighted by molar-refractivity contribution is 9.10. The summed E-state index contributed by atoms with van der Waals surface area (Å²) in [4.78, 5) is 95.7. The Bertz CT molecular complexity index is 4650. The molecule has 2 aromatic heterocycles. The molecular weight excluding hydrogens is 1610 g/mol. The van der Waals surface area contributed by atoms with Gasteiger partial charge in [0.15, 0.2) is 16.7 Å². The molecule has 6 unspecified atom stereocenters. The van der Waals surface area contributed by atoms with Crippen molar-refractivity contribution in [2.45, 2.75) is 70.1 Å². The predicted octanol–water partition coefficient (Wildman–Crippen LogP) is 9.64. The van der Waals surface area contributed by atoms with E-state index in [1.165, 1.54) is 72.4 Å². The number of ether oxygens (including phenoxy) is 6. The van der Waals surface area contributed by atoms with E-state index in [-0.39, 0.29) is 97.5 Å². The average Bonchev–Trinajstić information content (AvgIpc) is 1.24. The number of carbonyl (C=O) groups excluding carboxylic acids is 3. The first-order valence-corrected chi connectivity index (χ1v) is 36.8. The van der Waals surface area contributed by atoms with Crippen molar-refractivity contribution >= 4 is 102 Å². The molecule has 7 aliphatic rings. The van der Waals surface area contributed by atoms with E-state index in [1.807, 2.05) is 5.38 Å². The molecule has 3 saturated heterocycles. The fourth-order valence-electron chi connectivity index (χ4n) is 12.6. The Labute approximate surface area is 645 Å². The van der Waals surface area contributed by atoms with Gasteiger partial charge in [-0.25, -0.2) is 46.3 Å². The third-order valence-corrected chi connectivity index (χ3v) is 20.1. The second kappa shape index (κ2) is 37.2. The van der Waals surface area contributed by atoms with Gasteiger partial charge in [-0.15, -0.1) is 21.6 Å². The van der Waals surface area contributed by atoms with Crippen LogP contribution in [0.2, 0.25) is 5.02 Å². The molecule has 6 aromatic rings. The number of carboxylic acid groups (broad SMARTS) is 2. The van der Waals surface area contributed by atoms with Crippen molar-refractivity contribution in [3.05, 3.63) is 212 Å². The zero-order valence-electron chi connectivity index (χ0n) is 58.5. The van der Waals surface area contributed by atoms with Crippen molar-refractivity contribution in [1.82, 2.24) is 45.6 Å². The third kappa shape index (κ3) is 19.4. The van der Waals surface area contributed by atoms with Gasteiger partial charge in [-0.05, 0) is 103 Å². The first kappa shape index (κ1) is 80.4. The van der Waals surface area contributed by atoms with Crippen molar-refractivity contribution in [2.75, 3.05) is 98.7 Å². The Kier molecular flexibility index (Phi) is 27.5. The molecule has 4 aromatic carbocycles. The van der Waals surface area contributed by atoms with E-state index in [1.54, 1.807) is 49.8 Å². The minimum absolute atomic E-state index is 0.00599. The Morgan fingerprint density at radius 2 is 1.03 bits per heavy atom. The zero-order valence-corrected chi connectivity index (χ0v) is 63.3. The molecule has 0 bridgehead atoms. The number of esters is 3. The van der Waals surface area contributed by atoms with Crippen molar-refractivity contribution < 1.29 is 84.6 Å². The minimum Gasteiger partial charge on any atom is -0.480 e. The minimum atomic E-state index is -1.15. The SMILES string of the molecule is CCOC(=O)C1=C(CN2CCOCC2C(=O)O)NC(c2c(F)cc(C)cc2F)=NC1c1ccc(F)cc1Br.CCOC(=O)C1=C(CN2CCOCC2C(=O)O)NC(c2cnccn2)=NC1c1ccc(F)cc1Cl.CCOC(=O)C1=C(CN2CCOCC2C2N=NN=N2)NC(c2nccs2)=NC1c1ccc(F)cc1Br. The standard InChI is InChI=1S/C26H25BrF3N3O5.C23H23ClFN5O5.C22H22BrFN8O3S/c1-3-38-26(36)22-19(11-33-6-7-37-12-20(33)25(34)35)31-24(21-17(29)8-13(2)9-18(21)30)32-23(22)15-5-4-14(28)10-16(15)27;1-2-35-23(33)19-17(11-30-7-8-34-12-18(30)22(31)32)28-21(16-10-26-5-6-27-16)29-20(19)14-4-3-13(25)9-15(14)24;1-2-35-22(33)17-15(10-32-6-7-34-11-16(32)19-28-30-31-29-19)26-20(21-25-5-8-36-21)27-18(17)13-4-3-12(24)9-14(13)23/h4-5,8-10,20,23H,3,6-7,11-12H2,1-2H3,(H,31,32)(H,34,35);3-6,9-10,18,20H,2,7-8,11-12H2,1H3,(H,28,29)(H,31,32);3-5,8-9,16,18-19H,2,6-7,10-11H2,1H3,(H,26,27). The molecule has 13 rings (SSSR count). The number of benzene rings is 4. The number of morpholine rings is 3. The monoisotopic (exact) mass is 1670 g/mol. The van der Waals surface area contributed by atoms with Crippen LogP contribution in [0.15, 0.2) is 175 Å². The molecule has 29 nitrogen and oxygen atoms in total. The average molecular weight is 1680 g/mol. The van der Waals surface area contributed by atoms with Gasteiger partial charge in [-0.3, -0.25) is 44.2 Å². The number of nitrogens with one attached hydrogen (secondary N) is 3. The Balaban J connectivity index is 0.000000163. The second-order valence-corrected chi connectivity index (χ2v) is 27.6. The maximum Gasteiger partial charge on any atom is 0.338 e. The van der Waals surface area contributed by atoms with Gasteiger partial charge in [0, 0.05) is 99.9 Å². The van der Waals surface area contributed by atoms with Crippen LogP contribution in [-0.2, 0) is 52.4 Å². The van der Waals surface area contributed by atoms with Crippen molar-refractivity contribution in [1.29, 1.82) is 0 Å². The molecule has 3 fully saturated rings. The number of amidine groups is 3. The summed E-state index contributed by atoms with van der Waals surface area (Å²) in [6.07, 6.45) is 5.69. The molecule has 109 heavy (non-hydrogen) atoms. The lowest BCUT2D eigenvalue weighted by Crippen LogP contribution is -2.52. The summed E-state index contributed by atoms with van der Waals surface area (Å²) in [6, 6.07) is 9.20. The van der Waals surface area contributed by atoms with Crippen molar-refractivity contribution in [3.8, 4) is 0 Å². The van der Waals surface area contributed by atoms with Crippen LogP contribution >= 0.6 is 54.8 Å². The topological polar surface area (TPSA) is 352 Å². The summed E-state index contributed by atoms with van der Waals surface area (Å²) in [5, 5.41) is 46.8. The van der Waals surface area contributed by atoms with E-state index < -0.39 is 101 Å². The van der Waals surface area contributed by atoms with Crippen LogP contribution in [0.1, 0.15) is 77.4 Å². The molecule has 0 saturated carbocycles. The molecule has 0 aliphatic carbocycles. The van der Waals surface area contributed by atoms with Gasteiger partial charge < -0.3 is 54.6 Å². The molecule has 0 amide bonds. The first-order valence-electron chi connectivity index (χ1n) is 34.0. The molecule has 6 atom stereocenters. The first-order chi connectivity index (χ1) is 52.5. The van der Waals surface area contributed by atoms with Gasteiger partial charge in [0.05, 0.1) is 94.0 Å². The fourth-order valence-corrected chi connectivity index (χ4v) is 14.6. The zero-order chi connectivity index (χ0) is 77.6. The number of aromatic nitrogens is 3. The summed E-state index contributed by atoms with van der Waals surface area (Å²) < 4.78 is 105. The Morgan fingerprint density at radius 3 is 1.50 bits per heavy atom. The number of hydrogen-bond acceptors (Lipinski definition) is 28. The number of aryl methyl sites for hydroxylation is 1. The molecule has 9 heterocycles. The van der Waals surface area contributed by atoms with Crippen LogP contribution in [-0.4, -0.2) is 210 Å². The van der Waals surface area contributed by atoms with E-state index in [4.69, 9.17) is 45.0 Å². The summed E-state index contributed by atoms with van der Waals surface area (Å²) in [5.41, 5.74) is 3.28. The van der Waals surface area contributed by atoms with E-state index in [0.717, 1.165) is 18.2 Å². The van der Waals surface area contributed by atoms with Crippen LogP contribution in [0.4, 0.5) is 22.0 Å². The quantitative estimate of drug-likeness (QED) is 0.0254. The lowest BCUT2D eigenvalue weighted by molar-refractivity contribution is -0.150. The van der Waals surface area contributed by atoms with Crippen LogP contribution < -0.4 is 16.0 Å². The van der Waals surface area contributed by atoms with E-state index in [0.29, 0.717) is 106 Å².